The Labute approximate surface area is 239 Å². The molecule has 4 atom stereocenters. The molecule has 2 fully saturated rings. The van der Waals surface area contributed by atoms with E-state index in [4.69, 9.17) is 13.9 Å². The molecule has 2 aliphatic carbocycles. The molecule has 0 spiro atoms. The monoisotopic (exact) mass is 556 g/mol. The van der Waals surface area contributed by atoms with E-state index in [2.05, 4.69) is 69.3 Å². The second-order valence-corrected chi connectivity index (χ2v) is 16.5. The molecule has 3 aromatic rings. The minimum absolute atomic E-state index is 0.00468. The van der Waals surface area contributed by atoms with Crippen LogP contribution < -0.4 is 10.4 Å². The zero-order chi connectivity index (χ0) is 28.5. The SMILES string of the molecule is COC(=O)C1(C(=O)OC)CC2[C@@H](O[Si](c3ccccc3)(c3ccccc3)C(C)(C)C)CC[C@@H]2[C@H]1c1ccccc1. The summed E-state index contributed by atoms with van der Waals surface area (Å²) in [6, 6.07) is 31.2. The molecule has 2 aliphatic rings. The van der Waals surface area contributed by atoms with Crippen LogP contribution in [0.25, 0.3) is 0 Å². The maximum absolute atomic E-state index is 13.6. The van der Waals surface area contributed by atoms with E-state index in [0.717, 1.165) is 18.4 Å². The van der Waals surface area contributed by atoms with E-state index < -0.39 is 25.7 Å². The summed E-state index contributed by atoms with van der Waals surface area (Å²) in [5.41, 5.74) is -0.440. The summed E-state index contributed by atoms with van der Waals surface area (Å²) in [6.45, 7) is 6.83. The van der Waals surface area contributed by atoms with Crippen LogP contribution in [-0.2, 0) is 23.5 Å². The third-order valence-corrected chi connectivity index (χ3v) is 14.4. The van der Waals surface area contributed by atoms with Gasteiger partial charge in [0, 0.05) is 12.0 Å². The molecule has 0 bridgehead atoms. The number of esters is 2. The van der Waals surface area contributed by atoms with Crippen molar-refractivity contribution in [2.24, 2.45) is 17.3 Å². The van der Waals surface area contributed by atoms with Crippen molar-refractivity contribution in [1.29, 1.82) is 0 Å². The number of hydrogen-bond acceptors (Lipinski definition) is 5. The molecule has 1 unspecified atom stereocenters. The Balaban J connectivity index is 1.64. The van der Waals surface area contributed by atoms with Gasteiger partial charge < -0.3 is 13.9 Å². The Bertz CT molecular complexity index is 1260. The fourth-order valence-electron chi connectivity index (χ4n) is 7.75. The van der Waals surface area contributed by atoms with Crippen molar-refractivity contribution in [3.05, 3.63) is 96.6 Å². The number of fused-ring (bicyclic) bond motifs is 1. The molecule has 5 nitrogen and oxygen atoms in total. The first-order valence-corrected chi connectivity index (χ1v) is 16.1. The topological polar surface area (TPSA) is 61.8 Å². The van der Waals surface area contributed by atoms with Gasteiger partial charge in [0.05, 0.1) is 14.2 Å². The fourth-order valence-corrected chi connectivity index (χ4v) is 12.5. The normalized spacial score (nSPS) is 23.8. The van der Waals surface area contributed by atoms with Gasteiger partial charge >= 0.3 is 11.9 Å². The van der Waals surface area contributed by atoms with Crippen LogP contribution in [0.2, 0.25) is 5.04 Å². The van der Waals surface area contributed by atoms with Crippen molar-refractivity contribution in [3.8, 4) is 0 Å². The van der Waals surface area contributed by atoms with Crippen LogP contribution in [0.15, 0.2) is 91.0 Å². The number of rotatable bonds is 7. The summed E-state index contributed by atoms with van der Waals surface area (Å²) in [5, 5.41) is 2.27. The highest BCUT2D eigenvalue weighted by atomic mass is 28.4. The lowest BCUT2D eigenvalue weighted by molar-refractivity contribution is -0.170. The summed E-state index contributed by atoms with van der Waals surface area (Å²) in [4.78, 5) is 27.2. The minimum Gasteiger partial charge on any atom is -0.468 e. The first-order valence-electron chi connectivity index (χ1n) is 14.2. The number of hydrogen-bond donors (Lipinski definition) is 0. The predicted molar refractivity (Wildman–Crippen MR) is 159 cm³/mol. The smallest absolute Gasteiger partial charge is 0.323 e. The highest BCUT2D eigenvalue weighted by Gasteiger charge is 2.67. The molecule has 0 aromatic heterocycles. The maximum Gasteiger partial charge on any atom is 0.323 e. The van der Waals surface area contributed by atoms with Crippen molar-refractivity contribution in [2.45, 2.75) is 57.1 Å². The zero-order valence-electron chi connectivity index (χ0n) is 24.1. The van der Waals surface area contributed by atoms with Crippen LogP contribution in [-0.4, -0.2) is 40.6 Å². The van der Waals surface area contributed by atoms with Gasteiger partial charge in [0.15, 0.2) is 5.41 Å². The van der Waals surface area contributed by atoms with Gasteiger partial charge in [0.25, 0.3) is 8.32 Å². The van der Waals surface area contributed by atoms with E-state index in [-0.39, 0.29) is 28.9 Å². The van der Waals surface area contributed by atoms with Crippen molar-refractivity contribution in [1.82, 2.24) is 0 Å². The molecule has 2 saturated carbocycles. The predicted octanol–water partition coefficient (Wildman–Crippen LogP) is 5.48. The minimum atomic E-state index is -2.83. The zero-order valence-corrected chi connectivity index (χ0v) is 25.1. The Morgan fingerprint density at radius 1 is 0.725 bits per heavy atom. The first kappa shape index (κ1) is 28.3. The average Bonchev–Trinajstić information content (AvgIpc) is 3.53. The largest absolute Gasteiger partial charge is 0.468 e. The highest BCUT2D eigenvalue weighted by molar-refractivity contribution is 6.99. The lowest BCUT2D eigenvalue weighted by Gasteiger charge is -2.45. The Morgan fingerprint density at radius 2 is 1.20 bits per heavy atom. The van der Waals surface area contributed by atoms with Crippen molar-refractivity contribution in [3.63, 3.8) is 0 Å². The van der Waals surface area contributed by atoms with Crippen LogP contribution in [0.3, 0.4) is 0 Å². The number of carbonyl (C=O) groups is 2. The Kier molecular flexibility index (Phi) is 7.77. The van der Waals surface area contributed by atoms with Gasteiger partial charge in [-0.05, 0) is 52.1 Å². The number of ether oxygens (including phenoxy) is 2. The summed E-state index contributed by atoms with van der Waals surface area (Å²) in [7, 11) is -0.104. The Hall–Kier alpha value is -3.22. The van der Waals surface area contributed by atoms with Crippen LogP contribution in [0.4, 0.5) is 0 Å². The van der Waals surface area contributed by atoms with Crippen LogP contribution in [0.5, 0.6) is 0 Å². The van der Waals surface area contributed by atoms with E-state index in [1.54, 1.807) is 0 Å². The second-order valence-electron chi connectivity index (χ2n) is 12.3. The van der Waals surface area contributed by atoms with Gasteiger partial charge in [0.1, 0.15) is 0 Å². The third-order valence-electron chi connectivity index (χ3n) is 9.33. The summed E-state index contributed by atoms with van der Waals surface area (Å²) in [6.07, 6.45) is 1.97. The van der Waals surface area contributed by atoms with Crippen molar-refractivity contribution < 1.29 is 23.5 Å². The Morgan fingerprint density at radius 3 is 1.65 bits per heavy atom. The van der Waals surface area contributed by atoms with E-state index >= 15 is 0 Å². The standard InChI is InChI=1S/C34H40O5Si/c1-33(2,3)40(25-17-11-7-12-18-25,26-19-13-8-14-20-26)39-29-22-21-27-28(29)23-34(31(35)37-4,32(36)38-5)30(27)24-15-9-6-10-16-24/h6-20,27-30H,21-23H2,1-5H3/t27-,28?,29-,30+/m0/s1. The van der Waals surface area contributed by atoms with E-state index in [1.165, 1.54) is 24.6 Å². The van der Waals surface area contributed by atoms with Gasteiger partial charge in [-0.15, -0.1) is 0 Å². The molecular formula is C34H40O5Si. The van der Waals surface area contributed by atoms with Gasteiger partial charge in [-0.3, -0.25) is 9.59 Å². The molecule has 0 N–H and O–H groups in total. The summed E-state index contributed by atoms with van der Waals surface area (Å²) < 4.78 is 18.3. The van der Waals surface area contributed by atoms with Crippen LogP contribution in [0.1, 0.15) is 51.5 Å². The van der Waals surface area contributed by atoms with Gasteiger partial charge in [-0.2, -0.15) is 0 Å². The van der Waals surface area contributed by atoms with Gasteiger partial charge in [-0.25, -0.2) is 0 Å². The van der Waals surface area contributed by atoms with E-state index in [1.807, 2.05) is 42.5 Å². The average molecular weight is 557 g/mol. The number of methoxy groups -OCH3 is 2. The second kappa shape index (κ2) is 11.0. The van der Waals surface area contributed by atoms with Crippen molar-refractivity contribution in [2.75, 3.05) is 14.2 Å². The lowest BCUT2D eigenvalue weighted by Crippen LogP contribution is -2.68. The molecule has 0 saturated heterocycles. The molecule has 6 heteroatoms. The van der Waals surface area contributed by atoms with Gasteiger partial charge in [0.2, 0.25) is 0 Å². The van der Waals surface area contributed by atoms with Gasteiger partial charge in [-0.1, -0.05) is 112 Å². The summed E-state index contributed by atoms with van der Waals surface area (Å²) in [5.74, 6) is -1.29. The quantitative estimate of drug-likeness (QED) is 0.219. The summed E-state index contributed by atoms with van der Waals surface area (Å²) >= 11 is 0. The fraction of sp³-hybridized carbons (Fsp3) is 0.412. The molecule has 0 heterocycles. The van der Waals surface area contributed by atoms with E-state index in [9.17, 15) is 9.59 Å². The molecule has 210 valence electrons. The lowest BCUT2D eigenvalue weighted by atomic mass is 9.71. The van der Waals surface area contributed by atoms with Crippen molar-refractivity contribution >= 4 is 30.6 Å². The molecule has 40 heavy (non-hydrogen) atoms. The van der Waals surface area contributed by atoms with E-state index in [0.29, 0.717) is 6.42 Å². The first-order chi connectivity index (χ1) is 19.2. The van der Waals surface area contributed by atoms with Crippen LogP contribution in [0, 0.1) is 17.3 Å². The molecule has 0 aliphatic heterocycles. The molecule has 3 aromatic carbocycles. The molecule has 0 amide bonds. The molecule has 5 rings (SSSR count). The number of benzene rings is 3. The van der Waals surface area contributed by atoms with Crippen LogP contribution >= 0.6 is 0 Å². The number of carbonyl (C=O) groups excluding carboxylic acids is 2. The highest BCUT2D eigenvalue weighted by Crippen LogP contribution is 2.63. The molecule has 0 radical (unpaired) electrons. The molecular weight excluding hydrogens is 516 g/mol. The third kappa shape index (κ3) is 4.42. The maximum atomic E-state index is 13.6.